The van der Waals surface area contributed by atoms with Crippen molar-refractivity contribution in [3.05, 3.63) is 30.1 Å². The van der Waals surface area contributed by atoms with Crippen LogP contribution in [0.5, 0.6) is 0 Å². The molecule has 1 aromatic rings. The van der Waals surface area contributed by atoms with Crippen LogP contribution in [0.4, 0.5) is 15.8 Å². The normalized spacial score (nSPS) is 15.5. The molecule has 0 atom stereocenters. The number of rotatable bonds is 8. The summed E-state index contributed by atoms with van der Waals surface area (Å²) in [6.07, 6.45) is 2.14. The number of nitrogens with zero attached hydrogens (tertiary/aromatic N) is 2. The number of aliphatic imine (C=N–C) groups is 1. The summed E-state index contributed by atoms with van der Waals surface area (Å²) >= 11 is 5.43. The van der Waals surface area contributed by atoms with Gasteiger partial charge in [-0.25, -0.2) is 4.39 Å². The molecule has 1 heterocycles. The molecular weight excluding hydrogens is 415 g/mol. The minimum Gasteiger partial charge on any atom is -0.490 e. The number of halogens is 1. The number of ether oxygens (including phenoxy) is 2. The van der Waals surface area contributed by atoms with Gasteiger partial charge in [-0.3, -0.25) is 9.79 Å². The quantitative estimate of drug-likeness (QED) is 0.277. The summed E-state index contributed by atoms with van der Waals surface area (Å²) in [6, 6.07) is 3.13. The van der Waals surface area contributed by atoms with Gasteiger partial charge >= 0.3 is 0 Å². The third-order valence-corrected chi connectivity index (χ3v) is 5.82. The minimum absolute atomic E-state index is 0.0471. The molecule has 0 radical (unpaired) electrons. The molecule has 7 heteroatoms. The lowest BCUT2D eigenvalue weighted by Gasteiger charge is -2.38. The van der Waals surface area contributed by atoms with Crippen molar-refractivity contribution in [2.45, 2.75) is 72.4 Å². The van der Waals surface area contributed by atoms with Gasteiger partial charge in [-0.15, -0.1) is 0 Å². The predicted octanol–water partition coefficient (Wildman–Crippen LogP) is 6.02. The zero-order chi connectivity index (χ0) is 23.3. The van der Waals surface area contributed by atoms with Gasteiger partial charge in [0, 0.05) is 29.8 Å². The molecule has 1 saturated heterocycles. The van der Waals surface area contributed by atoms with Crippen molar-refractivity contribution in [1.29, 1.82) is 0 Å². The Hall–Kier alpha value is -2.12. The topological polar surface area (TPSA) is 51.1 Å². The van der Waals surface area contributed by atoms with Crippen molar-refractivity contribution in [1.82, 2.24) is 0 Å². The first-order valence-electron chi connectivity index (χ1n) is 10.6. The Morgan fingerprint density at radius 1 is 1.32 bits per heavy atom. The second-order valence-corrected chi connectivity index (χ2v) is 8.94. The highest BCUT2D eigenvalue weighted by molar-refractivity contribution is 7.80. The standard InChI is InChI=1S/C24H33FN2O3S/c1-8-15(2)26-23-21(16(3)30-20-9-11-29-12-10-20)13-19(14-22(23)25)27(18(5)31)24(6,7)17(4)28/h13-14,20H,3,8-12H2,1-2,4-7H3. The molecule has 0 bridgehead atoms. The van der Waals surface area contributed by atoms with Crippen LogP contribution in [0.3, 0.4) is 0 Å². The number of benzene rings is 1. The molecule has 5 nitrogen and oxygen atoms in total. The lowest BCUT2D eigenvalue weighted by atomic mass is 9.96. The van der Waals surface area contributed by atoms with Crippen LogP contribution in [0.2, 0.25) is 0 Å². The van der Waals surface area contributed by atoms with E-state index in [1.54, 1.807) is 31.7 Å². The second-order valence-electron chi connectivity index (χ2n) is 8.35. The van der Waals surface area contributed by atoms with E-state index in [9.17, 15) is 4.79 Å². The highest BCUT2D eigenvalue weighted by Crippen LogP contribution is 2.37. The third-order valence-electron chi connectivity index (χ3n) is 5.63. The van der Waals surface area contributed by atoms with Gasteiger partial charge in [0.15, 0.2) is 11.6 Å². The van der Waals surface area contributed by atoms with Gasteiger partial charge in [0.2, 0.25) is 0 Å². The number of carbonyl (C=O) groups is 1. The average Bonchev–Trinajstić information content (AvgIpc) is 2.69. The number of ketones is 1. The number of hydrogen-bond donors (Lipinski definition) is 0. The summed E-state index contributed by atoms with van der Waals surface area (Å²) in [7, 11) is 0. The van der Waals surface area contributed by atoms with Crippen LogP contribution < -0.4 is 4.90 Å². The Kier molecular flexibility index (Phi) is 8.49. The lowest BCUT2D eigenvalue weighted by molar-refractivity contribution is -0.120. The molecule has 2 rings (SSSR count). The smallest absolute Gasteiger partial charge is 0.155 e. The van der Waals surface area contributed by atoms with Gasteiger partial charge in [0.05, 0.1) is 23.7 Å². The van der Waals surface area contributed by atoms with E-state index >= 15 is 4.39 Å². The van der Waals surface area contributed by atoms with Crippen molar-refractivity contribution in [3.63, 3.8) is 0 Å². The van der Waals surface area contributed by atoms with Crippen molar-refractivity contribution in [2.24, 2.45) is 4.99 Å². The van der Waals surface area contributed by atoms with Gasteiger partial charge in [-0.2, -0.15) is 0 Å². The first-order valence-corrected chi connectivity index (χ1v) is 11.0. The predicted molar refractivity (Wildman–Crippen MR) is 129 cm³/mol. The first kappa shape index (κ1) is 25.1. The van der Waals surface area contributed by atoms with Gasteiger partial charge < -0.3 is 14.4 Å². The van der Waals surface area contributed by atoms with Crippen LogP contribution in [0.1, 0.15) is 66.4 Å². The maximum Gasteiger partial charge on any atom is 0.155 e. The first-order chi connectivity index (χ1) is 14.5. The second kappa shape index (κ2) is 10.5. The van der Waals surface area contributed by atoms with E-state index in [1.165, 1.54) is 13.0 Å². The third kappa shape index (κ3) is 5.98. The summed E-state index contributed by atoms with van der Waals surface area (Å²) < 4.78 is 26.9. The largest absolute Gasteiger partial charge is 0.490 e. The Morgan fingerprint density at radius 3 is 2.45 bits per heavy atom. The monoisotopic (exact) mass is 448 g/mol. The fraction of sp³-hybridized carbons (Fsp3) is 0.542. The number of carbonyl (C=O) groups excluding carboxylic acids is 1. The number of Topliss-reactive ketones (excluding diaryl/α,β-unsaturated/α-hetero) is 1. The highest BCUT2D eigenvalue weighted by atomic mass is 32.1. The van der Waals surface area contributed by atoms with Gasteiger partial charge in [0.1, 0.15) is 17.6 Å². The maximum absolute atomic E-state index is 15.4. The Balaban J connectivity index is 2.61. The maximum atomic E-state index is 15.4. The van der Waals surface area contributed by atoms with E-state index in [0.29, 0.717) is 41.6 Å². The number of thiocarbonyl (C=S) groups is 1. The Bertz CT molecular complexity index is 889. The van der Waals surface area contributed by atoms with Crippen molar-refractivity contribution < 1.29 is 18.7 Å². The fourth-order valence-electron chi connectivity index (χ4n) is 3.42. The van der Waals surface area contributed by atoms with Crippen molar-refractivity contribution in [2.75, 3.05) is 18.1 Å². The molecule has 1 fully saturated rings. The van der Waals surface area contributed by atoms with Crippen LogP contribution >= 0.6 is 12.2 Å². The van der Waals surface area contributed by atoms with Crippen LogP contribution in [0.25, 0.3) is 5.76 Å². The molecule has 1 aliphatic rings. The molecule has 0 aromatic heterocycles. The summed E-state index contributed by atoms with van der Waals surface area (Å²) in [4.78, 5) is 18.9. The molecule has 1 aliphatic heterocycles. The summed E-state index contributed by atoms with van der Waals surface area (Å²) in [5.74, 6) is -0.254. The highest BCUT2D eigenvalue weighted by Gasteiger charge is 2.34. The molecular formula is C24H33FN2O3S. The molecule has 1 aromatic carbocycles. The van der Waals surface area contributed by atoms with Gasteiger partial charge in [-0.1, -0.05) is 25.7 Å². The zero-order valence-electron chi connectivity index (χ0n) is 19.4. The minimum atomic E-state index is -0.942. The molecule has 0 amide bonds. The van der Waals surface area contributed by atoms with E-state index in [0.717, 1.165) is 18.6 Å². The van der Waals surface area contributed by atoms with Crippen LogP contribution in [-0.4, -0.2) is 41.3 Å². The van der Waals surface area contributed by atoms with E-state index < -0.39 is 11.4 Å². The molecule has 0 N–H and O–H groups in total. The lowest BCUT2D eigenvalue weighted by Crippen LogP contribution is -2.51. The molecule has 170 valence electrons. The average molecular weight is 449 g/mol. The Morgan fingerprint density at radius 2 is 1.94 bits per heavy atom. The number of hydrogen-bond acceptors (Lipinski definition) is 5. The molecule has 31 heavy (non-hydrogen) atoms. The van der Waals surface area contributed by atoms with E-state index in [-0.39, 0.29) is 17.6 Å². The molecule has 0 spiro atoms. The summed E-state index contributed by atoms with van der Waals surface area (Å²) in [5.41, 5.74) is 0.948. The van der Waals surface area contributed by atoms with Gasteiger partial charge in [0.25, 0.3) is 0 Å². The molecule has 0 saturated carbocycles. The van der Waals surface area contributed by atoms with E-state index in [1.807, 2.05) is 13.8 Å². The zero-order valence-corrected chi connectivity index (χ0v) is 20.2. The SMILES string of the molecule is C=C(OC1CCOCC1)c1cc(N(C(C)=S)C(C)(C)C(C)=O)cc(F)c1N=C(C)CC. The van der Waals surface area contributed by atoms with Gasteiger partial charge in [-0.05, 0) is 53.2 Å². The van der Waals surface area contributed by atoms with Crippen molar-refractivity contribution >= 4 is 45.8 Å². The summed E-state index contributed by atoms with van der Waals surface area (Å²) in [5, 5.41) is 0. The Labute approximate surface area is 190 Å². The van der Waals surface area contributed by atoms with E-state index in [2.05, 4.69) is 11.6 Å². The van der Waals surface area contributed by atoms with Crippen LogP contribution in [-0.2, 0) is 14.3 Å². The number of anilines is 1. The summed E-state index contributed by atoms with van der Waals surface area (Å²) in [6.45, 7) is 15.9. The van der Waals surface area contributed by atoms with E-state index in [4.69, 9.17) is 21.7 Å². The van der Waals surface area contributed by atoms with Crippen molar-refractivity contribution in [3.8, 4) is 0 Å². The fourth-order valence-corrected chi connectivity index (χ4v) is 3.76. The van der Waals surface area contributed by atoms with Crippen LogP contribution in [0, 0.1) is 5.82 Å². The van der Waals surface area contributed by atoms with Crippen LogP contribution in [0.15, 0.2) is 23.7 Å². The molecule has 0 unspecified atom stereocenters. The molecule has 0 aliphatic carbocycles.